The summed E-state index contributed by atoms with van der Waals surface area (Å²) in [4.78, 5) is 12.6. The Balaban J connectivity index is 1.70. The number of unbranched alkanes of at least 4 members (excludes halogenated alkanes) is 9. The van der Waals surface area contributed by atoms with Crippen molar-refractivity contribution in [3.8, 4) is 17.2 Å². The summed E-state index contributed by atoms with van der Waals surface area (Å²) in [6.07, 6.45) is 17.5. The van der Waals surface area contributed by atoms with Gasteiger partial charge in [-0.15, -0.1) is 0 Å². The Kier molecular flexibility index (Phi) is 9.89. The van der Waals surface area contributed by atoms with Gasteiger partial charge in [-0.1, -0.05) is 64.0 Å². The van der Waals surface area contributed by atoms with E-state index < -0.39 is 5.79 Å². The second-order valence-corrected chi connectivity index (χ2v) is 8.93. The molecule has 0 aromatic heterocycles. The molecule has 0 amide bonds. The Morgan fingerprint density at radius 3 is 2.10 bits per heavy atom. The number of carbonyl (C=O) groups is 1. The predicted molar refractivity (Wildman–Crippen MR) is 124 cm³/mol. The Morgan fingerprint density at radius 1 is 0.871 bits per heavy atom. The second-order valence-electron chi connectivity index (χ2n) is 8.93. The van der Waals surface area contributed by atoms with Gasteiger partial charge in [0.2, 0.25) is 5.79 Å². The largest absolute Gasteiger partial charge is 0.507 e. The van der Waals surface area contributed by atoms with Crippen molar-refractivity contribution in [2.24, 2.45) is 0 Å². The number of hydrogen-bond acceptors (Lipinski definition) is 5. The van der Waals surface area contributed by atoms with Crippen molar-refractivity contribution in [3.63, 3.8) is 0 Å². The number of ether oxygens (including phenoxy) is 1. The van der Waals surface area contributed by atoms with Crippen LogP contribution in [0.15, 0.2) is 12.2 Å². The average Bonchev–Trinajstić information content (AvgIpc) is 2.73. The first-order valence-electron chi connectivity index (χ1n) is 12.0. The number of phenolic OH excluding ortho intramolecular Hbond substituents is 2. The number of aromatic hydroxyl groups is 2. The summed E-state index contributed by atoms with van der Waals surface area (Å²) in [5, 5.41) is 31.2. The zero-order valence-corrected chi connectivity index (χ0v) is 19.5. The van der Waals surface area contributed by atoms with Gasteiger partial charge in [-0.25, -0.2) is 0 Å². The minimum Gasteiger partial charge on any atom is -0.507 e. The molecule has 1 aliphatic rings. The maximum Gasteiger partial charge on any atom is 0.215 e. The summed E-state index contributed by atoms with van der Waals surface area (Å²) < 4.78 is 5.75. The molecule has 5 heteroatoms. The molecule has 1 aromatic rings. The number of Topliss-reactive ketones (excluding diaryl/α,β-unsaturated/α-hetero) is 1. The fourth-order valence-electron chi connectivity index (χ4n) is 4.18. The van der Waals surface area contributed by atoms with E-state index in [2.05, 4.69) is 19.1 Å². The van der Waals surface area contributed by atoms with Crippen LogP contribution in [-0.4, -0.2) is 26.9 Å². The van der Waals surface area contributed by atoms with E-state index in [1.54, 1.807) is 13.8 Å². The van der Waals surface area contributed by atoms with Crippen LogP contribution in [0.25, 0.3) is 0 Å². The monoisotopic (exact) mass is 432 g/mol. The normalized spacial score (nSPS) is 18.4. The van der Waals surface area contributed by atoms with Crippen LogP contribution in [0.4, 0.5) is 0 Å². The first-order valence-corrected chi connectivity index (χ1v) is 12.0. The molecular formula is C26H40O5. The molecule has 5 nitrogen and oxygen atoms in total. The molecule has 0 aliphatic carbocycles. The number of aliphatic hydroxyl groups is 1. The van der Waals surface area contributed by atoms with Crippen LogP contribution in [-0.2, 0) is 0 Å². The third kappa shape index (κ3) is 6.99. The van der Waals surface area contributed by atoms with Crippen LogP contribution in [0.3, 0.4) is 0 Å². The highest BCUT2D eigenvalue weighted by atomic mass is 16.6. The van der Waals surface area contributed by atoms with E-state index in [1.807, 2.05) is 0 Å². The summed E-state index contributed by atoms with van der Waals surface area (Å²) in [7, 11) is 0. The molecule has 0 fully saturated rings. The van der Waals surface area contributed by atoms with E-state index in [1.165, 1.54) is 51.4 Å². The van der Waals surface area contributed by atoms with Gasteiger partial charge in [0.05, 0.1) is 6.42 Å². The van der Waals surface area contributed by atoms with Crippen LogP contribution >= 0.6 is 0 Å². The number of benzene rings is 1. The number of hydrogen-bond donors (Lipinski definition) is 3. The number of fused-ring (bicyclic) bond motifs is 1. The average molecular weight is 433 g/mol. The summed E-state index contributed by atoms with van der Waals surface area (Å²) in [5.41, 5.74) is 0.695. The van der Waals surface area contributed by atoms with Crippen LogP contribution in [0.5, 0.6) is 17.2 Å². The lowest BCUT2D eigenvalue weighted by Crippen LogP contribution is -2.42. The van der Waals surface area contributed by atoms with Crippen molar-refractivity contribution in [1.29, 1.82) is 0 Å². The molecule has 1 aromatic carbocycles. The maximum absolute atomic E-state index is 12.6. The predicted octanol–water partition coefficient (Wildman–Crippen LogP) is 6.63. The minimum atomic E-state index is -1.58. The summed E-state index contributed by atoms with van der Waals surface area (Å²) in [6, 6.07) is 0. The topological polar surface area (TPSA) is 87.0 Å². The quantitative estimate of drug-likeness (QED) is 0.241. The molecule has 0 spiro atoms. The van der Waals surface area contributed by atoms with Crippen molar-refractivity contribution >= 4 is 5.78 Å². The molecule has 1 aliphatic heterocycles. The van der Waals surface area contributed by atoms with Gasteiger partial charge < -0.3 is 20.1 Å². The molecule has 2 rings (SSSR count). The summed E-state index contributed by atoms with van der Waals surface area (Å²) in [6.45, 7) is 5.39. The van der Waals surface area contributed by atoms with Crippen molar-refractivity contribution in [2.45, 2.75) is 110 Å². The molecule has 1 heterocycles. The van der Waals surface area contributed by atoms with E-state index in [0.717, 1.165) is 19.3 Å². The number of rotatable bonds is 13. The van der Waals surface area contributed by atoms with Gasteiger partial charge in [0.1, 0.15) is 22.8 Å². The summed E-state index contributed by atoms with van der Waals surface area (Å²) >= 11 is 0. The lowest BCUT2D eigenvalue weighted by Gasteiger charge is -2.35. The molecule has 0 bridgehead atoms. The van der Waals surface area contributed by atoms with E-state index in [0.29, 0.717) is 12.0 Å². The van der Waals surface area contributed by atoms with Gasteiger partial charge >= 0.3 is 0 Å². The van der Waals surface area contributed by atoms with Gasteiger partial charge in [0.15, 0.2) is 5.78 Å². The SMILES string of the molecule is CCCC/C=C/CCCCCCCCCC1(O)CC(=O)c2c(O)c(C)c(O)c(C)c2O1. The van der Waals surface area contributed by atoms with E-state index in [9.17, 15) is 20.1 Å². The highest BCUT2D eigenvalue weighted by molar-refractivity contribution is 6.04. The third-order valence-corrected chi connectivity index (χ3v) is 6.21. The van der Waals surface area contributed by atoms with Gasteiger partial charge in [-0.05, 0) is 39.5 Å². The Bertz CT molecular complexity index is 768. The highest BCUT2D eigenvalue weighted by Crippen LogP contribution is 2.47. The molecule has 3 N–H and O–H groups in total. The lowest BCUT2D eigenvalue weighted by atomic mass is 9.90. The van der Waals surface area contributed by atoms with Crippen LogP contribution in [0, 0.1) is 13.8 Å². The Labute approximate surface area is 187 Å². The standard InChI is InChI=1S/C26H40O5/c1-4-5-6-7-8-9-10-11-12-13-14-15-16-17-26(30)18-21(27)22-24(29)19(2)23(28)20(3)25(22)31-26/h7-8,28-30H,4-6,9-18H2,1-3H3/b8-7+. The van der Waals surface area contributed by atoms with Gasteiger partial charge in [-0.2, -0.15) is 0 Å². The zero-order valence-electron chi connectivity index (χ0n) is 19.5. The molecule has 1 unspecified atom stereocenters. The van der Waals surface area contributed by atoms with Gasteiger partial charge in [-0.3, -0.25) is 4.79 Å². The van der Waals surface area contributed by atoms with Crippen LogP contribution in [0.2, 0.25) is 0 Å². The Morgan fingerprint density at radius 2 is 1.45 bits per heavy atom. The first kappa shape index (κ1) is 25.3. The number of ketones is 1. The lowest BCUT2D eigenvalue weighted by molar-refractivity contribution is -0.145. The van der Waals surface area contributed by atoms with Gasteiger partial charge in [0, 0.05) is 17.5 Å². The number of allylic oxidation sites excluding steroid dienone is 2. The molecular weight excluding hydrogens is 392 g/mol. The fraction of sp³-hybridized carbons (Fsp3) is 0.654. The Hall–Kier alpha value is -2.01. The van der Waals surface area contributed by atoms with Crippen molar-refractivity contribution in [3.05, 3.63) is 28.8 Å². The van der Waals surface area contributed by atoms with E-state index in [4.69, 9.17) is 4.74 Å². The molecule has 174 valence electrons. The summed E-state index contributed by atoms with van der Waals surface area (Å²) in [5.74, 6) is -2.20. The van der Waals surface area contributed by atoms with Crippen molar-refractivity contribution < 1.29 is 24.9 Å². The molecule has 0 radical (unpaired) electrons. The van der Waals surface area contributed by atoms with E-state index >= 15 is 0 Å². The van der Waals surface area contributed by atoms with Crippen LogP contribution < -0.4 is 4.74 Å². The van der Waals surface area contributed by atoms with Crippen molar-refractivity contribution in [2.75, 3.05) is 0 Å². The van der Waals surface area contributed by atoms with Crippen LogP contribution in [0.1, 0.15) is 112 Å². The number of phenols is 2. The smallest absolute Gasteiger partial charge is 0.215 e. The minimum absolute atomic E-state index is 0.0673. The van der Waals surface area contributed by atoms with Crippen molar-refractivity contribution in [1.82, 2.24) is 0 Å². The molecule has 0 saturated heterocycles. The zero-order chi connectivity index (χ0) is 22.9. The fourth-order valence-corrected chi connectivity index (χ4v) is 4.18. The molecule has 1 atom stereocenters. The first-order chi connectivity index (χ1) is 14.8. The number of carbonyl (C=O) groups excluding carboxylic acids is 1. The van der Waals surface area contributed by atoms with E-state index in [-0.39, 0.29) is 40.6 Å². The third-order valence-electron chi connectivity index (χ3n) is 6.21. The molecule has 31 heavy (non-hydrogen) atoms. The maximum atomic E-state index is 12.6. The second kappa shape index (κ2) is 12.1. The molecule has 0 saturated carbocycles. The highest BCUT2D eigenvalue weighted by Gasteiger charge is 2.41. The van der Waals surface area contributed by atoms with Gasteiger partial charge in [0.25, 0.3) is 0 Å².